The van der Waals surface area contributed by atoms with Crippen molar-refractivity contribution in [3.05, 3.63) is 21.9 Å². The van der Waals surface area contributed by atoms with Gasteiger partial charge in [0.1, 0.15) is 4.88 Å². The Bertz CT molecular complexity index is 280. The maximum Gasteiger partial charge on any atom is 0.348 e. The van der Waals surface area contributed by atoms with Gasteiger partial charge in [-0.2, -0.15) is 0 Å². The van der Waals surface area contributed by atoms with Crippen LogP contribution in [0.1, 0.15) is 21.7 Å². The monoisotopic (exact) mass is 200 g/mol. The lowest BCUT2D eigenvalue weighted by Gasteiger charge is -2.01. The fourth-order valence-electron chi connectivity index (χ4n) is 0.877. The number of ether oxygens (including phenoxy) is 1. The van der Waals surface area contributed by atoms with Crippen molar-refractivity contribution in [2.24, 2.45) is 0 Å². The Hall–Kier alpha value is -0.870. The van der Waals surface area contributed by atoms with Crippen LogP contribution in [-0.2, 0) is 4.74 Å². The van der Waals surface area contributed by atoms with Crippen molar-refractivity contribution in [2.75, 3.05) is 13.2 Å². The molecule has 72 valence electrons. The molecule has 1 heterocycles. The normalized spacial score (nSPS) is 10.0. The van der Waals surface area contributed by atoms with Gasteiger partial charge in [0.2, 0.25) is 0 Å². The highest BCUT2D eigenvalue weighted by molar-refractivity contribution is 7.12. The van der Waals surface area contributed by atoms with Gasteiger partial charge in [0, 0.05) is 13.0 Å². The number of hydrogen-bond acceptors (Lipinski definition) is 4. The first-order valence-corrected chi connectivity index (χ1v) is 4.95. The van der Waals surface area contributed by atoms with Crippen LogP contribution in [0.2, 0.25) is 0 Å². The van der Waals surface area contributed by atoms with E-state index in [-0.39, 0.29) is 19.2 Å². The van der Waals surface area contributed by atoms with Crippen LogP contribution >= 0.6 is 11.3 Å². The lowest BCUT2D eigenvalue weighted by atomic mass is 10.3. The molecule has 0 saturated carbocycles. The van der Waals surface area contributed by atoms with Crippen LogP contribution in [0.15, 0.2) is 11.4 Å². The van der Waals surface area contributed by atoms with Crippen LogP contribution in [0.4, 0.5) is 0 Å². The predicted octanol–water partition coefficient (Wildman–Crippen LogP) is 1.60. The van der Waals surface area contributed by atoms with Crippen molar-refractivity contribution in [1.29, 1.82) is 0 Å². The summed E-state index contributed by atoms with van der Waals surface area (Å²) in [7, 11) is 0. The van der Waals surface area contributed by atoms with Crippen molar-refractivity contribution in [1.82, 2.24) is 0 Å². The minimum Gasteiger partial charge on any atom is -0.461 e. The molecule has 3 nitrogen and oxygen atoms in total. The molecule has 13 heavy (non-hydrogen) atoms. The molecule has 0 aliphatic carbocycles. The van der Waals surface area contributed by atoms with Gasteiger partial charge in [-0.05, 0) is 23.9 Å². The minimum absolute atomic E-state index is 0.0523. The van der Waals surface area contributed by atoms with Crippen LogP contribution in [-0.4, -0.2) is 24.3 Å². The number of aliphatic hydroxyl groups is 1. The summed E-state index contributed by atoms with van der Waals surface area (Å²) in [5.41, 5.74) is 0.944. The van der Waals surface area contributed by atoms with Crippen molar-refractivity contribution < 1.29 is 14.6 Å². The summed E-state index contributed by atoms with van der Waals surface area (Å²) in [5.74, 6) is -0.291. The molecule has 0 atom stereocenters. The number of aryl methyl sites for hydroxylation is 1. The highest BCUT2D eigenvalue weighted by atomic mass is 32.1. The molecule has 1 aromatic heterocycles. The maximum absolute atomic E-state index is 11.3. The SMILES string of the molecule is Cc1ccsc1C(=O)OCCCO. The summed E-state index contributed by atoms with van der Waals surface area (Å²) in [6.07, 6.45) is 0.496. The van der Waals surface area contributed by atoms with Gasteiger partial charge < -0.3 is 9.84 Å². The standard InChI is InChI=1S/C9H12O3S/c1-7-3-6-13-8(7)9(11)12-5-2-4-10/h3,6,10H,2,4-5H2,1H3. The third-order valence-corrected chi connectivity index (χ3v) is 2.58. The molecule has 0 aliphatic rings. The fourth-order valence-corrected chi connectivity index (χ4v) is 1.69. The zero-order chi connectivity index (χ0) is 9.68. The van der Waals surface area contributed by atoms with Gasteiger partial charge in [0.15, 0.2) is 0 Å². The molecule has 1 N–H and O–H groups in total. The van der Waals surface area contributed by atoms with Crippen molar-refractivity contribution in [3.63, 3.8) is 0 Å². The Morgan fingerprint density at radius 3 is 3.00 bits per heavy atom. The third-order valence-electron chi connectivity index (χ3n) is 1.58. The molecule has 0 bridgehead atoms. The predicted molar refractivity (Wildman–Crippen MR) is 51.0 cm³/mol. The lowest BCUT2D eigenvalue weighted by molar-refractivity contribution is 0.0487. The second kappa shape index (κ2) is 4.99. The number of esters is 1. The van der Waals surface area contributed by atoms with Crippen molar-refractivity contribution >= 4 is 17.3 Å². The molecule has 0 fully saturated rings. The van der Waals surface area contributed by atoms with Crippen LogP contribution in [0.3, 0.4) is 0 Å². The number of aliphatic hydroxyl groups excluding tert-OH is 1. The summed E-state index contributed by atoms with van der Waals surface area (Å²) in [4.78, 5) is 12.0. The Balaban J connectivity index is 2.45. The zero-order valence-electron chi connectivity index (χ0n) is 7.45. The Labute approximate surface area is 81.0 Å². The van der Waals surface area contributed by atoms with E-state index in [0.717, 1.165) is 5.56 Å². The van der Waals surface area contributed by atoms with Crippen LogP contribution in [0.25, 0.3) is 0 Å². The molecule has 0 aliphatic heterocycles. The summed E-state index contributed by atoms with van der Waals surface area (Å²) >= 11 is 1.38. The van der Waals surface area contributed by atoms with Gasteiger partial charge >= 0.3 is 5.97 Å². The van der Waals surface area contributed by atoms with E-state index in [1.54, 1.807) is 0 Å². The van der Waals surface area contributed by atoms with Gasteiger partial charge in [0.25, 0.3) is 0 Å². The van der Waals surface area contributed by atoms with Gasteiger partial charge in [-0.3, -0.25) is 0 Å². The Kier molecular flexibility index (Phi) is 3.92. The number of carbonyl (C=O) groups is 1. The van der Waals surface area contributed by atoms with Crippen LogP contribution in [0.5, 0.6) is 0 Å². The number of rotatable bonds is 4. The van der Waals surface area contributed by atoms with E-state index in [0.29, 0.717) is 11.3 Å². The summed E-state index contributed by atoms with van der Waals surface area (Å²) in [5, 5.41) is 10.3. The molecular weight excluding hydrogens is 188 g/mol. The molecule has 1 aromatic rings. The maximum atomic E-state index is 11.3. The highest BCUT2D eigenvalue weighted by Crippen LogP contribution is 2.16. The molecule has 0 amide bonds. The highest BCUT2D eigenvalue weighted by Gasteiger charge is 2.10. The van der Waals surface area contributed by atoms with E-state index in [4.69, 9.17) is 9.84 Å². The second-order valence-electron chi connectivity index (χ2n) is 2.65. The van der Waals surface area contributed by atoms with Crippen LogP contribution in [0, 0.1) is 6.92 Å². The van der Waals surface area contributed by atoms with Crippen molar-refractivity contribution in [2.45, 2.75) is 13.3 Å². The third kappa shape index (κ3) is 2.82. The molecule has 0 saturated heterocycles. The van der Waals surface area contributed by atoms with E-state index >= 15 is 0 Å². The Morgan fingerprint density at radius 1 is 1.69 bits per heavy atom. The lowest BCUT2D eigenvalue weighted by Crippen LogP contribution is -2.06. The van der Waals surface area contributed by atoms with Gasteiger partial charge in [-0.15, -0.1) is 11.3 Å². The molecule has 1 rings (SSSR count). The largest absolute Gasteiger partial charge is 0.461 e. The molecule has 0 unspecified atom stereocenters. The van der Waals surface area contributed by atoms with Gasteiger partial charge in [0.05, 0.1) is 6.61 Å². The first-order chi connectivity index (χ1) is 6.25. The fraction of sp³-hybridized carbons (Fsp3) is 0.444. The topological polar surface area (TPSA) is 46.5 Å². The second-order valence-corrected chi connectivity index (χ2v) is 3.56. The summed E-state index contributed by atoms with van der Waals surface area (Å²) in [6.45, 7) is 2.21. The van der Waals surface area contributed by atoms with E-state index in [9.17, 15) is 4.79 Å². The van der Waals surface area contributed by atoms with E-state index in [1.807, 2.05) is 18.4 Å². The van der Waals surface area contributed by atoms with Gasteiger partial charge in [-0.1, -0.05) is 0 Å². The average molecular weight is 200 g/mol. The minimum atomic E-state index is -0.291. The smallest absolute Gasteiger partial charge is 0.348 e. The zero-order valence-corrected chi connectivity index (χ0v) is 8.26. The number of hydrogen-bond donors (Lipinski definition) is 1. The summed E-state index contributed by atoms with van der Waals surface area (Å²) < 4.78 is 4.92. The van der Waals surface area contributed by atoms with E-state index in [1.165, 1.54) is 11.3 Å². The quantitative estimate of drug-likeness (QED) is 0.593. The van der Waals surface area contributed by atoms with E-state index < -0.39 is 0 Å². The van der Waals surface area contributed by atoms with Crippen molar-refractivity contribution in [3.8, 4) is 0 Å². The first kappa shape index (κ1) is 10.2. The van der Waals surface area contributed by atoms with E-state index in [2.05, 4.69) is 0 Å². The molecule has 0 aromatic carbocycles. The first-order valence-electron chi connectivity index (χ1n) is 4.07. The van der Waals surface area contributed by atoms with Crippen LogP contribution < -0.4 is 0 Å². The molecule has 0 radical (unpaired) electrons. The molecule has 0 spiro atoms. The number of carbonyl (C=O) groups excluding carboxylic acids is 1. The number of thiophene rings is 1. The molecular formula is C9H12O3S. The van der Waals surface area contributed by atoms with Gasteiger partial charge in [-0.25, -0.2) is 4.79 Å². The summed E-state index contributed by atoms with van der Waals surface area (Å²) in [6, 6.07) is 1.88. The Morgan fingerprint density at radius 2 is 2.46 bits per heavy atom. The average Bonchev–Trinajstić information content (AvgIpc) is 2.52. The molecule has 4 heteroatoms.